The summed E-state index contributed by atoms with van der Waals surface area (Å²) in [5.74, 6) is 1.37. The topological polar surface area (TPSA) is 51.3 Å². The Kier molecular flexibility index (Phi) is 2.48. The molecular weight excluding hydrogens is 174 g/mol. The van der Waals surface area contributed by atoms with Gasteiger partial charge < -0.3 is 5.73 Å². The highest BCUT2D eigenvalue weighted by atomic mass is 14.9. The molecule has 2 rings (SSSR count). The zero-order valence-corrected chi connectivity index (χ0v) is 8.40. The van der Waals surface area contributed by atoms with E-state index in [-0.39, 0.29) is 0 Å². The summed E-state index contributed by atoms with van der Waals surface area (Å²) < 4.78 is 0. The number of hydrogen-bond acceptors (Lipinski definition) is 2. The van der Waals surface area contributed by atoms with Crippen LogP contribution in [0.5, 0.6) is 0 Å². The van der Waals surface area contributed by atoms with E-state index in [0.29, 0.717) is 12.5 Å². The average Bonchev–Trinajstić information content (AvgIpc) is 3.00. The zero-order chi connectivity index (χ0) is 9.97. The van der Waals surface area contributed by atoms with Gasteiger partial charge in [-0.1, -0.05) is 6.07 Å². The number of pyridine rings is 1. The van der Waals surface area contributed by atoms with Crippen molar-refractivity contribution in [3.05, 3.63) is 29.6 Å². The molecule has 2 N–H and O–H groups in total. The summed E-state index contributed by atoms with van der Waals surface area (Å²) in [5, 5.41) is 0. The van der Waals surface area contributed by atoms with Gasteiger partial charge in [0.15, 0.2) is 0 Å². The van der Waals surface area contributed by atoms with Crippen molar-refractivity contribution in [3.8, 4) is 0 Å². The molecule has 3 nitrogen and oxygen atoms in total. The maximum atomic E-state index is 5.79. The van der Waals surface area contributed by atoms with E-state index in [1.54, 1.807) is 0 Å². The summed E-state index contributed by atoms with van der Waals surface area (Å²) in [6.07, 6.45) is 4.28. The van der Waals surface area contributed by atoms with Crippen LogP contribution in [-0.2, 0) is 6.54 Å². The van der Waals surface area contributed by atoms with E-state index in [9.17, 15) is 0 Å². The molecule has 0 saturated heterocycles. The van der Waals surface area contributed by atoms with Crippen LogP contribution in [0.25, 0.3) is 0 Å². The molecule has 74 valence electrons. The third-order valence-corrected chi connectivity index (χ3v) is 2.41. The van der Waals surface area contributed by atoms with Gasteiger partial charge in [0.1, 0.15) is 0 Å². The molecule has 1 aromatic heterocycles. The molecular formula is C11H15N3. The molecule has 14 heavy (non-hydrogen) atoms. The third kappa shape index (κ3) is 2.31. The van der Waals surface area contributed by atoms with Crippen LogP contribution in [0.2, 0.25) is 0 Å². The Hall–Kier alpha value is -1.38. The van der Waals surface area contributed by atoms with E-state index >= 15 is 0 Å². The van der Waals surface area contributed by atoms with Gasteiger partial charge in [-0.15, -0.1) is 0 Å². The lowest BCUT2D eigenvalue weighted by Crippen LogP contribution is -2.14. The lowest BCUT2D eigenvalue weighted by Gasteiger charge is -1.99. The predicted octanol–water partition coefficient (Wildman–Crippen LogP) is 1.66. The fourth-order valence-corrected chi connectivity index (χ4v) is 1.28. The molecule has 1 saturated carbocycles. The largest absolute Gasteiger partial charge is 0.387 e. The first-order valence-electron chi connectivity index (χ1n) is 4.97. The minimum atomic E-state index is 0.563. The summed E-state index contributed by atoms with van der Waals surface area (Å²) in [4.78, 5) is 8.55. The van der Waals surface area contributed by atoms with Crippen LogP contribution in [0.15, 0.2) is 23.3 Å². The van der Waals surface area contributed by atoms with Crippen LogP contribution in [0.4, 0.5) is 0 Å². The van der Waals surface area contributed by atoms with Gasteiger partial charge in [0.25, 0.3) is 0 Å². The lowest BCUT2D eigenvalue weighted by atomic mass is 10.2. The summed E-state index contributed by atoms with van der Waals surface area (Å²) in [6, 6.07) is 4.05. The molecule has 0 unspecified atom stereocenters. The standard InChI is InChI=1S/C11H15N3/c1-8-2-3-9(6-13-8)7-14-11(12)10-4-5-10/h2-3,6,10H,4-5,7H2,1H3,(H2,12,14). The summed E-state index contributed by atoms with van der Waals surface area (Å²) in [6.45, 7) is 2.64. The molecule has 0 aromatic carbocycles. The summed E-state index contributed by atoms with van der Waals surface area (Å²) in [7, 11) is 0. The molecule has 1 aliphatic carbocycles. The van der Waals surface area contributed by atoms with Gasteiger partial charge in [0.05, 0.1) is 12.4 Å². The van der Waals surface area contributed by atoms with Crippen molar-refractivity contribution in [1.82, 2.24) is 4.98 Å². The Morgan fingerprint density at radius 3 is 2.93 bits per heavy atom. The molecule has 3 heteroatoms. The number of amidine groups is 1. The molecule has 1 aliphatic rings. The van der Waals surface area contributed by atoms with Gasteiger partial charge in [0, 0.05) is 17.8 Å². The number of nitrogens with zero attached hydrogens (tertiary/aromatic N) is 2. The van der Waals surface area contributed by atoms with Crippen molar-refractivity contribution in [3.63, 3.8) is 0 Å². The molecule has 0 spiro atoms. The van der Waals surface area contributed by atoms with Crippen molar-refractivity contribution in [2.24, 2.45) is 16.6 Å². The van der Waals surface area contributed by atoms with Gasteiger partial charge in [-0.25, -0.2) is 0 Å². The Balaban J connectivity index is 1.96. The second-order valence-corrected chi connectivity index (χ2v) is 3.82. The number of aromatic nitrogens is 1. The highest BCUT2D eigenvalue weighted by molar-refractivity contribution is 5.84. The van der Waals surface area contributed by atoms with E-state index in [0.717, 1.165) is 17.1 Å². The average molecular weight is 189 g/mol. The predicted molar refractivity (Wildman–Crippen MR) is 57.0 cm³/mol. The van der Waals surface area contributed by atoms with Gasteiger partial charge in [-0.3, -0.25) is 9.98 Å². The third-order valence-electron chi connectivity index (χ3n) is 2.41. The molecule has 1 fully saturated rings. The molecule has 0 aliphatic heterocycles. The van der Waals surface area contributed by atoms with Crippen molar-refractivity contribution in [2.75, 3.05) is 0 Å². The van der Waals surface area contributed by atoms with Crippen LogP contribution < -0.4 is 5.73 Å². The maximum Gasteiger partial charge on any atom is 0.0972 e. The molecule has 0 bridgehead atoms. The fraction of sp³-hybridized carbons (Fsp3) is 0.455. The van der Waals surface area contributed by atoms with E-state index in [1.165, 1.54) is 12.8 Å². The van der Waals surface area contributed by atoms with Crippen molar-refractivity contribution in [1.29, 1.82) is 0 Å². The van der Waals surface area contributed by atoms with Crippen LogP contribution in [0.1, 0.15) is 24.1 Å². The van der Waals surface area contributed by atoms with Crippen LogP contribution in [-0.4, -0.2) is 10.8 Å². The minimum absolute atomic E-state index is 0.563. The first kappa shape index (κ1) is 9.19. The van der Waals surface area contributed by atoms with E-state index in [1.807, 2.05) is 25.3 Å². The van der Waals surface area contributed by atoms with Crippen LogP contribution in [0, 0.1) is 12.8 Å². The summed E-state index contributed by atoms with van der Waals surface area (Å²) >= 11 is 0. The Morgan fingerprint density at radius 2 is 2.36 bits per heavy atom. The Labute approximate surface area is 84.1 Å². The second kappa shape index (κ2) is 3.78. The molecule has 0 amide bonds. The normalized spacial score (nSPS) is 17.1. The number of aliphatic imine (C=N–C) groups is 1. The number of nitrogens with two attached hydrogens (primary N) is 1. The van der Waals surface area contributed by atoms with Crippen molar-refractivity contribution >= 4 is 5.84 Å². The SMILES string of the molecule is Cc1ccc(CN=C(N)C2CC2)cn1. The molecule has 0 atom stereocenters. The van der Waals surface area contributed by atoms with Gasteiger partial charge in [-0.05, 0) is 31.4 Å². The second-order valence-electron chi connectivity index (χ2n) is 3.82. The first-order chi connectivity index (χ1) is 6.75. The molecule has 1 heterocycles. The zero-order valence-electron chi connectivity index (χ0n) is 8.40. The van der Waals surface area contributed by atoms with Crippen molar-refractivity contribution in [2.45, 2.75) is 26.3 Å². The van der Waals surface area contributed by atoms with Gasteiger partial charge in [0.2, 0.25) is 0 Å². The quantitative estimate of drug-likeness (QED) is 0.580. The Morgan fingerprint density at radius 1 is 1.57 bits per heavy atom. The van der Waals surface area contributed by atoms with E-state index < -0.39 is 0 Å². The Bertz CT molecular complexity index is 336. The smallest absolute Gasteiger partial charge is 0.0972 e. The molecule has 1 aromatic rings. The van der Waals surface area contributed by atoms with Gasteiger partial charge >= 0.3 is 0 Å². The van der Waals surface area contributed by atoms with E-state index in [2.05, 4.69) is 9.98 Å². The number of hydrogen-bond donors (Lipinski definition) is 1. The summed E-state index contributed by atoms with van der Waals surface area (Å²) in [5.41, 5.74) is 7.95. The van der Waals surface area contributed by atoms with Crippen molar-refractivity contribution < 1.29 is 0 Å². The highest BCUT2D eigenvalue weighted by Crippen LogP contribution is 2.28. The van der Waals surface area contributed by atoms with Gasteiger partial charge in [-0.2, -0.15) is 0 Å². The first-order valence-corrected chi connectivity index (χ1v) is 4.97. The monoisotopic (exact) mass is 189 g/mol. The molecule has 0 radical (unpaired) electrons. The van der Waals surface area contributed by atoms with E-state index in [4.69, 9.17) is 5.73 Å². The highest BCUT2D eigenvalue weighted by Gasteiger charge is 2.25. The van der Waals surface area contributed by atoms with Crippen LogP contribution in [0.3, 0.4) is 0 Å². The minimum Gasteiger partial charge on any atom is -0.387 e. The number of rotatable bonds is 3. The maximum absolute atomic E-state index is 5.79. The lowest BCUT2D eigenvalue weighted by molar-refractivity contribution is 0.998. The number of aryl methyl sites for hydroxylation is 1. The fourth-order valence-electron chi connectivity index (χ4n) is 1.28. The van der Waals surface area contributed by atoms with Crippen LogP contribution >= 0.6 is 0 Å².